The topological polar surface area (TPSA) is 96.5 Å². The molecule has 2 aromatic carbocycles. The maximum atomic E-state index is 13.2. The van der Waals surface area contributed by atoms with Crippen LogP contribution in [-0.4, -0.2) is 30.4 Å². The molecule has 1 aliphatic heterocycles. The van der Waals surface area contributed by atoms with Crippen molar-refractivity contribution in [2.24, 2.45) is 5.92 Å². The highest BCUT2D eigenvalue weighted by atomic mass is 19.1. The third-order valence-corrected chi connectivity index (χ3v) is 4.36. The van der Waals surface area contributed by atoms with Crippen molar-refractivity contribution in [3.8, 4) is 5.75 Å². The van der Waals surface area contributed by atoms with Crippen LogP contribution < -0.4 is 20.7 Å². The van der Waals surface area contributed by atoms with E-state index in [4.69, 9.17) is 4.74 Å². The number of fused-ring (bicyclic) bond motifs is 1. The molecule has 0 radical (unpaired) electrons. The number of para-hydroxylation sites is 2. The number of hydrogen-bond acceptors (Lipinski definition) is 4. The number of amides is 3. The highest BCUT2D eigenvalue weighted by molar-refractivity contribution is 6.03. The monoisotopic (exact) mass is 403 g/mol. The van der Waals surface area contributed by atoms with E-state index in [9.17, 15) is 23.2 Å². The Morgan fingerprint density at radius 3 is 2.59 bits per heavy atom. The maximum Gasteiger partial charge on any atom is 0.250 e. The lowest BCUT2D eigenvalue weighted by Crippen LogP contribution is -2.50. The van der Waals surface area contributed by atoms with Crippen molar-refractivity contribution < 1.29 is 27.9 Å². The second kappa shape index (κ2) is 8.68. The van der Waals surface area contributed by atoms with Gasteiger partial charge in [-0.25, -0.2) is 8.78 Å². The van der Waals surface area contributed by atoms with Crippen LogP contribution in [0.2, 0.25) is 0 Å². The highest BCUT2D eigenvalue weighted by Gasteiger charge is 2.29. The maximum absolute atomic E-state index is 13.2. The van der Waals surface area contributed by atoms with Crippen molar-refractivity contribution >= 4 is 23.4 Å². The Morgan fingerprint density at radius 2 is 1.86 bits per heavy atom. The quantitative estimate of drug-likeness (QED) is 0.663. The standard InChI is InChI=1S/C20H19F2N3O4/c1-11(18(26)23-9-12-6-13(21)8-14(22)7-12)19(27)25-16-10-29-17-5-3-2-4-15(17)24-20(16)28/h2-8,11,16H,9-10H2,1H3,(H,23,26)(H,24,28)(H,25,27)/t11?,16-/m0/s1. The number of ether oxygens (including phenoxy) is 1. The van der Waals surface area contributed by atoms with Crippen LogP contribution in [0, 0.1) is 17.6 Å². The molecule has 0 bridgehead atoms. The molecule has 3 rings (SSSR count). The minimum atomic E-state index is -1.13. The summed E-state index contributed by atoms with van der Waals surface area (Å²) in [6, 6.07) is 8.74. The van der Waals surface area contributed by atoms with Crippen molar-refractivity contribution in [1.82, 2.24) is 10.6 Å². The fraction of sp³-hybridized carbons (Fsp3) is 0.250. The van der Waals surface area contributed by atoms with E-state index in [0.29, 0.717) is 11.4 Å². The number of anilines is 1. The van der Waals surface area contributed by atoms with Gasteiger partial charge in [-0.15, -0.1) is 0 Å². The molecule has 0 saturated carbocycles. The van der Waals surface area contributed by atoms with E-state index in [1.54, 1.807) is 24.3 Å². The number of nitrogens with one attached hydrogen (secondary N) is 3. The second-order valence-corrected chi connectivity index (χ2v) is 6.57. The molecule has 2 atom stereocenters. The molecule has 152 valence electrons. The van der Waals surface area contributed by atoms with Crippen LogP contribution in [0.3, 0.4) is 0 Å². The minimum Gasteiger partial charge on any atom is -0.489 e. The zero-order chi connectivity index (χ0) is 21.0. The van der Waals surface area contributed by atoms with Crippen molar-refractivity contribution in [3.05, 3.63) is 59.7 Å². The van der Waals surface area contributed by atoms with Crippen LogP contribution >= 0.6 is 0 Å². The molecule has 0 aliphatic carbocycles. The Labute approximate surface area is 165 Å². The van der Waals surface area contributed by atoms with E-state index in [0.717, 1.165) is 18.2 Å². The molecular formula is C20H19F2N3O4. The van der Waals surface area contributed by atoms with E-state index >= 15 is 0 Å². The number of hydrogen-bond donors (Lipinski definition) is 3. The summed E-state index contributed by atoms with van der Waals surface area (Å²) in [7, 11) is 0. The van der Waals surface area contributed by atoms with Gasteiger partial charge < -0.3 is 20.7 Å². The molecule has 1 heterocycles. The first-order valence-corrected chi connectivity index (χ1v) is 8.89. The van der Waals surface area contributed by atoms with Gasteiger partial charge in [0.1, 0.15) is 36.0 Å². The van der Waals surface area contributed by atoms with Crippen LogP contribution in [-0.2, 0) is 20.9 Å². The van der Waals surface area contributed by atoms with Crippen LogP contribution in [0.4, 0.5) is 14.5 Å². The Hall–Kier alpha value is -3.49. The molecule has 1 aliphatic rings. The smallest absolute Gasteiger partial charge is 0.250 e. The van der Waals surface area contributed by atoms with E-state index in [-0.39, 0.29) is 18.7 Å². The normalized spacial score (nSPS) is 16.5. The molecular weight excluding hydrogens is 384 g/mol. The second-order valence-electron chi connectivity index (χ2n) is 6.57. The van der Waals surface area contributed by atoms with Crippen molar-refractivity contribution in [3.63, 3.8) is 0 Å². The van der Waals surface area contributed by atoms with E-state index in [2.05, 4.69) is 16.0 Å². The van der Waals surface area contributed by atoms with Gasteiger partial charge in [-0.1, -0.05) is 12.1 Å². The molecule has 0 aromatic heterocycles. The van der Waals surface area contributed by atoms with Gasteiger partial charge in [-0.3, -0.25) is 14.4 Å². The zero-order valence-electron chi connectivity index (χ0n) is 15.5. The summed E-state index contributed by atoms with van der Waals surface area (Å²) in [6.07, 6.45) is 0. The third kappa shape index (κ3) is 5.07. The Morgan fingerprint density at radius 1 is 1.17 bits per heavy atom. The highest BCUT2D eigenvalue weighted by Crippen LogP contribution is 2.26. The molecule has 1 unspecified atom stereocenters. The zero-order valence-corrected chi connectivity index (χ0v) is 15.5. The van der Waals surface area contributed by atoms with E-state index in [1.165, 1.54) is 6.92 Å². The molecule has 0 fully saturated rings. The van der Waals surface area contributed by atoms with Gasteiger partial charge in [0.15, 0.2) is 0 Å². The van der Waals surface area contributed by atoms with E-state index in [1.807, 2.05) is 0 Å². The first-order valence-electron chi connectivity index (χ1n) is 8.89. The lowest BCUT2D eigenvalue weighted by Gasteiger charge is -2.18. The van der Waals surface area contributed by atoms with Gasteiger partial charge in [0.2, 0.25) is 11.8 Å². The number of benzene rings is 2. The number of carbonyl (C=O) groups is 3. The van der Waals surface area contributed by atoms with Crippen LogP contribution in [0.5, 0.6) is 5.75 Å². The van der Waals surface area contributed by atoms with Crippen molar-refractivity contribution in [1.29, 1.82) is 0 Å². The van der Waals surface area contributed by atoms with Gasteiger partial charge in [-0.2, -0.15) is 0 Å². The average Bonchev–Trinajstić information content (AvgIpc) is 2.83. The number of halogens is 2. The lowest BCUT2D eigenvalue weighted by molar-refractivity contribution is -0.136. The fourth-order valence-electron chi connectivity index (χ4n) is 2.74. The van der Waals surface area contributed by atoms with Gasteiger partial charge in [0.05, 0.1) is 5.69 Å². The van der Waals surface area contributed by atoms with Crippen LogP contribution in [0.1, 0.15) is 12.5 Å². The summed E-state index contributed by atoms with van der Waals surface area (Å²) in [5.74, 6) is -3.97. The van der Waals surface area contributed by atoms with Gasteiger partial charge in [0.25, 0.3) is 5.91 Å². The predicted molar refractivity (Wildman–Crippen MR) is 99.9 cm³/mol. The molecule has 3 N–H and O–H groups in total. The summed E-state index contributed by atoms with van der Waals surface area (Å²) in [5.41, 5.74) is 0.708. The summed E-state index contributed by atoms with van der Waals surface area (Å²) >= 11 is 0. The van der Waals surface area contributed by atoms with E-state index < -0.39 is 41.3 Å². The van der Waals surface area contributed by atoms with Gasteiger partial charge in [0, 0.05) is 12.6 Å². The fourth-order valence-corrected chi connectivity index (χ4v) is 2.74. The van der Waals surface area contributed by atoms with Gasteiger partial charge >= 0.3 is 0 Å². The lowest BCUT2D eigenvalue weighted by atomic mass is 10.1. The average molecular weight is 403 g/mol. The Bertz CT molecular complexity index is 931. The SMILES string of the molecule is CC(C(=O)NCc1cc(F)cc(F)c1)C(=O)N[C@H]1COc2ccccc2NC1=O. The van der Waals surface area contributed by atoms with Crippen molar-refractivity contribution in [2.45, 2.75) is 19.5 Å². The largest absolute Gasteiger partial charge is 0.489 e. The first kappa shape index (κ1) is 20.2. The summed E-state index contributed by atoms with van der Waals surface area (Å²) in [5, 5.41) is 7.58. The van der Waals surface area contributed by atoms with Crippen LogP contribution in [0.25, 0.3) is 0 Å². The van der Waals surface area contributed by atoms with Crippen LogP contribution in [0.15, 0.2) is 42.5 Å². The molecule has 2 aromatic rings. The molecule has 9 heteroatoms. The first-order chi connectivity index (χ1) is 13.8. The van der Waals surface area contributed by atoms with Crippen molar-refractivity contribution in [2.75, 3.05) is 11.9 Å². The molecule has 0 spiro atoms. The van der Waals surface area contributed by atoms with Gasteiger partial charge in [-0.05, 0) is 36.8 Å². The summed E-state index contributed by atoms with van der Waals surface area (Å²) in [4.78, 5) is 36.9. The molecule has 3 amide bonds. The number of carbonyl (C=O) groups excluding carboxylic acids is 3. The summed E-state index contributed by atoms with van der Waals surface area (Å²) < 4.78 is 31.9. The molecule has 0 saturated heterocycles. The predicted octanol–water partition coefficient (Wildman–Crippen LogP) is 1.73. The third-order valence-electron chi connectivity index (χ3n) is 4.36. The minimum absolute atomic E-state index is 0.0918. The molecule has 29 heavy (non-hydrogen) atoms. The summed E-state index contributed by atoms with van der Waals surface area (Å²) in [6.45, 7) is 1.13. The Balaban J connectivity index is 1.55. The molecule has 7 nitrogen and oxygen atoms in total. The Kier molecular flexibility index (Phi) is 6.06. The number of rotatable bonds is 5.